The summed E-state index contributed by atoms with van der Waals surface area (Å²) >= 11 is 2.97. The van der Waals surface area contributed by atoms with Crippen LogP contribution in [0.3, 0.4) is 0 Å². The van der Waals surface area contributed by atoms with Crippen LogP contribution >= 0.6 is 28.3 Å². The zero-order valence-electron chi connectivity index (χ0n) is 10.7. The van der Waals surface area contributed by atoms with E-state index >= 15 is 0 Å². The van der Waals surface area contributed by atoms with Crippen molar-refractivity contribution in [3.8, 4) is 0 Å². The van der Waals surface area contributed by atoms with Crippen LogP contribution in [0.1, 0.15) is 18.5 Å². The molecule has 1 aliphatic heterocycles. The lowest BCUT2D eigenvalue weighted by molar-refractivity contribution is -0.141. The fourth-order valence-electron chi connectivity index (χ4n) is 2.04. The summed E-state index contributed by atoms with van der Waals surface area (Å²) in [6.45, 7) is 1.06. The fraction of sp³-hybridized carbons (Fsp3) is 0.545. The van der Waals surface area contributed by atoms with Gasteiger partial charge in [-0.25, -0.2) is 13.4 Å². The zero-order valence-corrected chi connectivity index (χ0v) is 13.9. The van der Waals surface area contributed by atoms with Crippen LogP contribution in [0.15, 0.2) is 21.6 Å². The minimum Gasteiger partial charge on any atom is -0.317 e. The molecule has 0 atom stereocenters. The van der Waals surface area contributed by atoms with Gasteiger partial charge in [0.2, 0.25) is 0 Å². The molecule has 0 saturated carbocycles. The van der Waals surface area contributed by atoms with E-state index in [2.05, 4.69) is 26.2 Å². The summed E-state index contributed by atoms with van der Waals surface area (Å²) < 4.78 is 62.8. The lowest BCUT2D eigenvalue weighted by atomic mass is 10.2. The van der Waals surface area contributed by atoms with Crippen molar-refractivity contribution in [2.45, 2.75) is 29.3 Å². The van der Waals surface area contributed by atoms with E-state index in [0.717, 1.165) is 12.1 Å². The van der Waals surface area contributed by atoms with Crippen molar-refractivity contribution in [3.05, 3.63) is 22.3 Å². The Morgan fingerprint density at radius 2 is 1.81 bits per heavy atom. The molecule has 0 radical (unpaired) electrons. The summed E-state index contributed by atoms with van der Waals surface area (Å²) in [7, 11) is -3.87. The van der Waals surface area contributed by atoms with Crippen LogP contribution in [0.5, 0.6) is 0 Å². The number of halogens is 5. The molecule has 0 unspecified atom stereocenters. The van der Waals surface area contributed by atoms with Crippen LogP contribution < -0.4 is 5.32 Å². The average Bonchev–Trinajstić information content (AvgIpc) is 2.38. The highest BCUT2D eigenvalue weighted by atomic mass is 79.9. The molecule has 2 heterocycles. The molecule has 21 heavy (non-hydrogen) atoms. The lowest BCUT2D eigenvalue weighted by Gasteiger charge is -2.23. The van der Waals surface area contributed by atoms with E-state index < -0.39 is 32.0 Å². The van der Waals surface area contributed by atoms with E-state index in [1.54, 1.807) is 0 Å². The molecule has 0 bridgehead atoms. The van der Waals surface area contributed by atoms with Crippen LogP contribution in [0.25, 0.3) is 0 Å². The monoisotopic (exact) mass is 408 g/mol. The number of alkyl halides is 3. The minimum atomic E-state index is -4.67. The van der Waals surface area contributed by atoms with Crippen molar-refractivity contribution in [1.82, 2.24) is 10.3 Å². The Morgan fingerprint density at radius 1 is 1.24 bits per heavy atom. The van der Waals surface area contributed by atoms with E-state index in [1.807, 2.05) is 0 Å². The highest BCUT2D eigenvalue weighted by molar-refractivity contribution is 9.10. The maximum atomic E-state index is 12.6. The second kappa shape index (κ2) is 6.80. The highest BCUT2D eigenvalue weighted by Crippen LogP contribution is 2.32. The number of piperidine rings is 1. The quantitative estimate of drug-likeness (QED) is 0.816. The maximum Gasteiger partial charge on any atom is 0.433 e. The van der Waals surface area contributed by atoms with Crippen molar-refractivity contribution in [3.63, 3.8) is 0 Å². The first-order chi connectivity index (χ1) is 9.23. The van der Waals surface area contributed by atoms with Gasteiger partial charge in [0.25, 0.3) is 0 Å². The molecule has 1 fully saturated rings. The molecular weight excluding hydrogens is 397 g/mol. The molecule has 1 aromatic rings. The van der Waals surface area contributed by atoms with Crippen LogP contribution in [0.4, 0.5) is 13.2 Å². The van der Waals surface area contributed by atoms with Crippen molar-refractivity contribution in [1.29, 1.82) is 0 Å². The Bertz CT molecular complexity index is 604. The van der Waals surface area contributed by atoms with Crippen molar-refractivity contribution < 1.29 is 21.6 Å². The Morgan fingerprint density at radius 3 is 2.33 bits per heavy atom. The summed E-state index contributed by atoms with van der Waals surface area (Å²) in [5, 5.41) is 1.79. The molecule has 1 aliphatic rings. The van der Waals surface area contributed by atoms with Crippen LogP contribution in [0.2, 0.25) is 0 Å². The number of hydrogen-bond donors (Lipinski definition) is 1. The van der Waals surface area contributed by atoms with Gasteiger partial charge < -0.3 is 5.32 Å². The SMILES string of the molecule is Cl.O=S(=O)(c1nc(C(F)(F)F)ccc1Br)C1CCNCC1. The standard InChI is InChI=1S/C11H12BrF3N2O2S.ClH/c12-8-1-2-9(11(13,14)15)17-10(8)20(18,19)7-3-5-16-6-4-7;/h1-2,7,16H,3-6H2;1H. The van der Waals surface area contributed by atoms with Crippen LogP contribution in [-0.2, 0) is 16.0 Å². The summed E-state index contributed by atoms with van der Waals surface area (Å²) in [5.41, 5.74) is -1.20. The molecular formula is C11H13BrClF3N2O2S. The predicted octanol–water partition coefficient (Wildman–Crippen LogP) is 2.81. The molecule has 0 amide bonds. The number of sulfone groups is 1. The molecule has 0 spiro atoms. The van der Waals surface area contributed by atoms with Crippen LogP contribution in [-0.4, -0.2) is 31.7 Å². The third-order valence-electron chi connectivity index (χ3n) is 3.10. The normalized spacial score (nSPS) is 17.3. The van der Waals surface area contributed by atoms with Crippen molar-refractivity contribution in [2.24, 2.45) is 0 Å². The largest absolute Gasteiger partial charge is 0.433 e. The summed E-state index contributed by atoms with van der Waals surface area (Å²) in [6.07, 6.45) is -3.93. The molecule has 1 saturated heterocycles. The number of nitrogens with zero attached hydrogens (tertiary/aromatic N) is 1. The Labute approximate surface area is 135 Å². The second-order valence-electron chi connectivity index (χ2n) is 4.48. The van der Waals surface area contributed by atoms with E-state index in [-0.39, 0.29) is 16.9 Å². The number of nitrogens with one attached hydrogen (secondary N) is 1. The van der Waals surface area contributed by atoms with Gasteiger partial charge >= 0.3 is 6.18 Å². The van der Waals surface area contributed by atoms with Gasteiger partial charge in [-0.1, -0.05) is 0 Å². The molecule has 2 rings (SSSR count). The molecule has 1 aromatic heterocycles. The topological polar surface area (TPSA) is 59.1 Å². The third kappa shape index (κ3) is 4.08. The van der Waals surface area contributed by atoms with Gasteiger partial charge in [-0.2, -0.15) is 13.2 Å². The smallest absolute Gasteiger partial charge is 0.317 e. The van der Waals surface area contributed by atoms with Crippen molar-refractivity contribution >= 4 is 38.2 Å². The van der Waals surface area contributed by atoms with Gasteiger partial charge in [-0.05, 0) is 54.0 Å². The van der Waals surface area contributed by atoms with Crippen LogP contribution in [0, 0.1) is 0 Å². The van der Waals surface area contributed by atoms with E-state index in [1.165, 1.54) is 0 Å². The number of aromatic nitrogens is 1. The molecule has 0 aliphatic carbocycles. The van der Waals surface area contributed by atoms with Gasteiger partial charge in [0.05, 0.1) is 9.72 Å². The Balaban J connectivity index is 0.00000220. The average molecular weight is 410 g/mol. The van der Waals surface area contributed by atoms with Gasteiger partial charge in [0.15, 0.2) is 14.9 Å². The fourth-order valence-corrected chi connectivity index (χ4v) is 4.68. The molecule has 0 aromatic carbocycles. The molecule has 1 N–H and O–H groups in total. The minimum absolute atomic E-state index is 0. The highest BCUT2D eigenvalue weighted by Gasteiger charge is 2.37. The molecule has 10 heteroatoms. The van der Waals surface area contributed by atoms with Gasteiger partial charge in [-0.3, -0.25) is 0 Å². The Hall–Kier alpha value is -0.380. The van der Waals surface area contributed by atoms with Gasteiger partial charge in [-0.15, -0.1) is 12.4 Å². The molecule has 120 valence electrons. The lowest BCUT2D eigenvalue weighted by Crippen LogP contribution is -2.36. The third-order valence-corrected chi connectivity index (χ3v) is 6.20. The summed E-state index contributed by atoms with van der Waals surface area (Å²) in [6, 6.07) is 1.83. The number of hydrogen-bond acceptors (Lipinski definition) is 4. The molecule has 4 nitrogen and oxygen atoms in total. The number of pyridine rings is 1. The number of rotatable bonds is 2. The zero-order chi connectivity index (χ0) is 15.0. The summed E-state index contributed by atoms with van der Waals surface area (Å²) in [4.78, 5) is 3.31. The first kappa shape index (κ1) is 18.7. The predicted molar refractivity (Wildman–Crippen MR) is 77.3 cm³/mol. The first-order valence-electron chi connectivity index (χ1n) is 5.91. The van der Waals surface area contributed by atoms with E-state index in [9.17, 15) is 21.6 Å². The van der Waals surface area contributed by atoms with Gasteiger partial charge in [0, 0.05) is 0 Å². The van der Waals surface area contributed by atoms with E-state index in [4.69, 9.17) is 0 Å². The van der Waals surface area contributed by atoms with E-state index in [0.29, 0.717) is 25.9 Å². The van der Waals surface area contributed by atoms with Crippen molar-refractivity contribution in [2.75, 3.05) is 13.1 Å². The second-order valence-corrected chi connectivity index (χ2v) is 7.47. The Kier molecular flexibility index (Phi) is 6.05. The summed E-state index contributed by atoms with van der Waals surface area (Å²) in [5.74, 6) is 0. The maximum absolute atomic E-state index is 12.6. The van der Waals surface area contributed by atoms with Gasteiger partial charge in [0.1, 0.15) is 5.69 Å². The first-order valence-corrected chi connectivity index (χ1v) is 8.25.